The van der Waals surface area contributed by atoms with E-state index in [-0.39, 0.29) is 39.3 Å². The maximum Gasteiger partial charge on any atom is 0.0931 e. The Bertz CT molecular complexity index is 436. The summed E-state index contributed by atoms with van der Waals surface area (Å²) in [4.78, 5) is 7.07. The van der Waals surface area contributed by atoms with E-state index < -0.39 is 0 Å². The van der Waals surface area contributed by atoms with Gasteiger partial charge in [0, 0.05) is 31.9 Å². The smallest absolute Gasteiger partial charge is 0.0931 e. The molecule has 3 aromatic rings. The van der Waals surface area contributed by atoms with E-state index in [1.807, 2.05) is 30.3 Å². The van der Waals surface area contributed by atoms with Gasteiger partial charge in [0.25, 0.3) is 0 Å². The molecule has 2 unspecified atom stereocenters. The number of benzene rings is 1. The SMILES string of the molecule is P.P.[Ru].c1ccc2[nH]cnc2c1.c1cn[nH]c1. The van der Waals surface area contributed by atoms with E-state index in [0.29, 0.717) is 0 Å². The molecule has 1 aromatic carbocycles. The Balaban J connectivity index is 0. The normalized spacial score (nSPS) is 7.76. The van der Waals surface area contributed by atoms with E-state index in [2.05, 4.69) is 20.2 Å². The van der Waals surface area contributed by atoms with Crippen molar-refractivity contribution in [3.05, 3.63) is 49.1 Å². The second-order valence-corrected chi connectivity index (χ2v) is 2.69. The van der Waals surface area contributed by atoms with Gasteiger partial charge in [0.15, 0.2) is 0 Å². The van der Waals surface area contributed by atoms with E-state index >= 15 is 0 Å². The van der Waals surface area contributed by atoms with Crippen molar-refractivity contribution in [2.45, 2.75) is 0 Å². The number of fused-ring (bicyclic) bond motifs is 1. The van der Waals surface area contributed by atoms with Gasteiger partial charge >= 0.3 is 0 Å². The number of H-pyrrole nitrogens is 2. The molecule has 2 heterocycles. The van der Waals surface area contributed by atoms with Gasteiger partial charge in [-0.1, -0.05) is 12.1 Å². The monoisotopic (exact) mass is 356 g/mol. The fraction of sp³-hybridized carbons (Fsp3) is 0. The third-order valence-electron chi connectivity index (χ3n) is 1.73. The van der Waals surface area contributed by atoms with Crippen LogP contribution < -0.4 is 0 Å². The Kier molecular flexibility index (Phi) is 11.6. The van der Waals surface area contributed by atoms with Crippen molar-refractivity contribution >= 4 is 30.8 Å². The molecular formula is C10H16N4P2Ru. The first-order valence-corrected chi connectivity index (χ1v) is 4.28. The van der Waals surface area contributed by atoms with Crippen molar-refractivity contribution in [2.24, 2.45) is 0 Å². The third-order valence-corrected chi connectivity index (χ3v) is 1.73. The first kappa shape index (κ1) is 18.7. The van der Waals surface area contributed by atoms with E-state index in [0.717, 1.165) is 11.0 Å². The van der Waals surface area contributed by atoms with Crippen LogP contribution in [0.3, 0.4) is 0 Å². The number of hydrogen-bond acceptors (Lipinski definition) is 2. The molecule has 4 nitrogen and oxygen atoms in total. The van der Waals surface area contributed by atoms with Gasteiger partial charge in [0.1, 0.15) is 0 Å². The minimum Gasteiger partial charge on any atom is -0.345 e. The zero-order valence-electron chi connectivity index (χ0n) is 9.28. The molecule has 0 radical (unpaired) electrons. The van der Waals surface area contributed by atoms with E-state index in [4.69, 9.17) is 0 Å². The first-order chi connectivity index (χ1) is 6.97. The minimum atomic E-state index is 0. The van der Waals surface area contributed by atoms with Gasteiger partial charge in [-0.15, -0.1) is 0 Å². The third kappa shape index (κ3) is 6.03. The van der Waals surface area contributed by atoms with Gasteiger partial charge in [-0.3, -0.25) is 5.10 Å². The van der Waals surface area contributed by atoms with Crippen LogP contribution in [0.4, 0.5) is 0 Å². The molecule has 2 atom stereocenters. The molecule has 0 bridgehead atoms. The maximum absolute atomic E-state index is 4.06. The topological polar surface area (TPSA) is 57.4 Å². The number of nitrogens with zero attached hydrogens (tertiary/aromatic N) is 2. The predicted molar refractivity (Wildman–Crippen MR) is 76.9 cm³/mol. The number of imidazole rings is 1. The van der Waals surface area contributed by atoms with Crippen LogP contribution in [0.15, 0.2) is 49.1 Å². The molecule has 0 aliphatic rings. The maximum atomic E-state index is 4.06. The number of aromatic nitrogens is 4. The van der Waals surface area contributed by atoms with Gasteiger partial charge in [-0.2, -0.15) is 24.9 Å². The number of para-hydroxylation sites is 2. The standard InChI is InChI=1S/C7H6N2.C3H4N2.2H3P.Ru/c1-2-4-7-6(3-1)8-5-9-7;1-2-4-5-3-1;;;/h1-5H,(H,8,9);1-3H,(H,4,5);2*1H3;. The quantitative estimate of drug-likeness (QED) is 0.479. The molecule has 0 aliphatic carbocycles. The summed E-state index contributed by atoms with van der Waals surface area (Å²) in [7, 11) is 0. The Labute approximate surface area is 119 Å². The van der Waals surface area contributed by atoms with Crippen molar-refractivity contribution in [3.8, 4) is 0 Å². The molecule has 3 rings (SSSR count). The summed E-state index contributed by atoms with van der Waals surface area (Å²) in [5.41, 5.74) is 2.12. The Hall–Kier alpha value is -0.617. The molecule has 2 aromatic heterocycles. The van der Waals surface area contributed by atoms with Crippen molar-refractivity contribution in [2.75, 3.05) is 0 Å². The van der Waals surface area contributed by atoms with E-state index in [9.17, 15) is 0 Å². The van der Waals surface area contributed by atoms with Crippen LogP contribution in [0.5, 0.6) is 0 Å². The summed E-state index contributed by atoms with van der Waals surface area (Å²) in [6, 6.07) is 9.78. The van der Waals surface area contributed by atoms with Crippen LogP contribution in [0.25, 0.3) is 11.0 Å². The number of nitrogens with one attached hydrogen (secondary N) is 2. The van der Waals surface area contributed by atoms with Crippen LogP contribution in [0.2, 0.25) is 0 Å². The van der Waals surface area contributed by atoms with Crippen molar-refractivity contribution < 1.29 is 19.5 Å². The molecule has 0 saturated heterocycles. The zero-order valence-corrected chi connectivity index (χ0v) is 13.8. The van der Waals surface area contributed by atoms with Crippen molar-refractivity contribution in [1.29, 1.82) is 0 Å². The first-order valence-electron chi connectivity index (χ1n) is 4.28. The van der Waals surface area contributed by atoms with Gasteiger partial charge in [-0.05, 0) is 18.2 Å². The second kappa shape index (κ2) is 10.5. The van der Waals surface area contributed by atoms with Crippen molar-refractivity contribution in [1.82, 2.24) is 20.2 Å². The fourth-order valence-electron chi connectivity index (χ4n) is 1.09. The molecule has 0 spiro atoms. The molecular weight excluding hydrogens is 339 g/mol. The summed E-state index contributed by atoms with van der Waals surface area (Å²) in [5.74, 6) is 0. The van der Waals surface area contributed by atoms with E-state index in [1.54, 1.807) is 18.7 Å². The predicted octanol–water partition coefficient (Wildman–Crippen LogP) is 2.09. The summed E-state index contributed by atoms with van der Waals surface area (Å²) < 4.78 is 0. The van der Waals surface area contributed by atoms with Crippen molar-refractivity contribution in [3.63, 3.8) is 0 Å². The van der Waals surface area contributed by atoms with Crippen LogP contribution in [-0.4, -0.2) is 20.2 Å². The second-order valence-electron chi connectivity index (χ2n) is 2.69. The Morgan fingerprint density at radius 1 is 1.00 bits per heavy atom. The van der Waals surface area contributed by atoms with E-state index in [1.165, 1.54) is 0 Å². The van der Waals surface area contributed by atoms with Crippen LogP contribution in [-0.2, 0) is 19.5 Å². The number of aromatic amines is 2. The molecule has 17 heavy (non-hydrogen) atoms. The Morgan fingerprint density at radius 3 is 2.29 bits per heavy atom. The Morgan fingerprint density at radius 2 is 1.76 bits per heavy atom. The largest absolute Gasteiger partial charge is 0.345 e. The van der Waals surface area contributed by atoms with Gasteiger partial charge in [0.2, 0.25) is 0 Å². The molecule has 0 aliphatic heterocycles. The minimum absolute atomic E-state index is 0. The average molecular weight is 355 g/mol. The molecule has 0 fully saturated rings. The number of hydrogen-bond donors (Lipinski definition) is 2. The molecule has 0 saturated carbocycles. The summed E-state index contributed by atoms with van der Waals surface area (Å²) in [5, 5.41) is 6.21. The molecule has 94 valence electrons. The van der Waals surface area contributed by atoms with Gasteiger partial charge in [0.05, 0.1) is 17.4 Å². The van der Waals surface area contributed by atoms with Crippen LogP contribution in [0.1, 0.15) is 0 Å². The summed E-state index contributed by atoms with van der Waals surface area (Å²) in [6.07, 6.45) is 5.16. The molecule has 7 heteroatoms. The molecule has 2 N–H and O–H groups in total. The number of rotatable bonds is 0. The van der Waals surface area contributed by atoms with Crippen LogP contribution in [0, 0.1) is 0 Å². The molecule has 0 amide bonds. The fourth-order valence-corrected chi connectivity index (χ4v) is 1.09. The summed E-state index contributed by atoms with van der Waals surface area (Å²) >= 11 is 0. The zero-order chi connectivity index (χ0) is 9.64. The van der Waals surface area contributed by atoms with Crippen LogP contribution >= 0.6 is 19.8 Å². The van der Waals surface area contributed by atoms with Gasteiger partial charge < -0.3 is 4.98 Å². The van der Waals surface area contributed by atoms with Gasteiger partial charge in [-0.25, -0.2) is 4.98 Å². The summed E-state index contributed by atoms with van der Waals surface area (Å²) in [6.45, 7) is 0. The average Bonchev–Trinajstić information content (AvgIpc) is 2.92.